The Kier molecular flexibility index (Phi) is 5.88. The Labute approximate surface area is 182 Å². The van der Waals surface area contributed by atoms with Gasteiger partial charge in [0.15, 0.2) is 0 Å². The van der Waals surface area contributed by atoms with E-state index < -0.39 is 35.9 Å². The number of piperidine rings is 1. The zero-order chi connectivity index (χ0) is 22.3. The molecule has 7 nitrogen and oxygen atoms in total. The summed E-state index contributed by atoms with van der Waals surface area (Å²) < 4.78 is 28.6. The monoisotopic (exact) mass is 437 g/mol. The topological polar surface area (TPSA) is 88.5 Å². The fourth-order valence-corrected chi connectivity index (χ4v) is 4.96. The molecular formula is C22H33F2N5O2. The lowest BCUT2D eigenvalue weighted by atomic mass is 9.72. The fourth-order valence-electron chi connectivity index (χ4n) is 4.96. The van der Waals surface area contributed by atoms with Gasteiger partial charge in [-0.25, -0.2) is 13.6 Å². The molecule has 0 aromatic rings. The third kappa shape index (κ3) is 5.11. The third-order valence-electron chi connectivity index (χ3n) is 7.32. The van der Waals surface area contributed by atoms with Gasteiger partial charge in [0, 0.05) is 37.4 Å². The summed E-state index contributed by atoms with van der Waals surface area (Å²) in [5.74, 6) is -3.75. The number of alkyl halides is 2. The maximum absolute atomic E-state index is 14.3. The number of likely N-dealkylation sites (tertiary alicyclic amines) is 2. The molecule has 172 valence electrons. The summed E-state index contributed by atoms with van der Waals surface area (Å²) in [5, 5.41) is 14.3. The molecule has 3 amide bonds. The standard InChI is InChI=1S/C22H33F2N5O2/c1-2-5-22(23,24)12-17(18(30)27-21(13-25)6-7-21)26-19(31)29-14-20(15-29)8-10-28(11-9-20)16-3-4-16/h16-17H,2-12,14-15H2,1H3,(H,26,31)(H,27,30)/t17-/m0/s1. The zero-order valence-corrected chi connectivity index (χ0v) is 18.3. The summed E-state index contributed by atoms with van der Waals surface area (Å²) in [5.41, 5.74) is -0.831. The van der Waals surface area contributed by atoms with Crippen LogP contribution in [0.4, 0.5) is 13.6 Å². The van der Waals surface area contributed by atoms with Crippen LogP contribution in [-0.2, 0) is 4.79 Å². The Bertz CT molecular complexity index is 743. The smallest absolute Gasteiger partial charge is 0.318 e. The summed E-state index contributed by atoms with van der Waals surface area (Å²) >= 11 is 0. The summed E-state index contributed by atoms with van der Waals surface area (Å²) in [6.07, 6.45) is 4.88. The molecule has 2 heterocycles. The number of hydrogen-bond donors (Lipinski definition) is 2. The molecule has 0 aromatic heterocycles. The van der Waals surface area contributed by atoms with Crippen LogP contribution in [0.3, 0.4) is 0 Å². The van der Waals surface area contributed by atoms with Crippen LogP contribution >= 0.6 is 0 Å². The Balaban J connectivity index is 1.32. The largest absolute Gasteiger partial charge is 0.336 e. The van der Waals surface area contributed by atoms with Gasteiger partial charge in [0.1, 0.15) is 11.6 Å². The quantitative estimate of drug-likeness (QED) is 0.611. The van der Waals surface area contributed by atoms with Crippen molar-refractivity contribution in [1.82, 2.24) is 20.4 Å². The van der Waals surface area contributed by atoms with Gasteiger partial charge in [-0.05, 0) is 51.6 Å². The molecule has 31 heavy (non-hydrogen) atoms. The third-order valence-corrected chi connectivity index (χ3v) is 7.32. The first kappa shape index (κ1) is 22.3. The first-order valence-corrected chi connectivity index (χ1v) is 11.6. The average molecular weight is 438 g/mol. The highest BCUT2D eigenvalue weighted by Crippen LogP contribution is 2.43. The lowest BCUT2D eigenvalue weighted by Crippen LogP contribution is -2.65. The molecule has 9 heteroatoms. The Morgan fingerprint density at radius 3 is 2.35 bits per heavy atom. The van der Waals surface area contributed by atoms with Crippen molar-refractivity contribution in [3.63, 3.8) is 0 Å². The van der Waals surface area contributed by atoms with Crippen LogP contribution in [0.1, 0.15) is 64.7 Å². The van der Waals surface area contributed by atoms with Gasteiger partial charge in [0.2, 0.25) is 5.91 Å². The molecule has 1 spiro atoms. The summed E-state index contributed by atoms with van der Waals surface area (Å²) in [4.78, 5) is 29.6. The van der Waals surface area contributed by atoms with Gasteiger partial charge in [-0.3, -0.25) is 4.79 Å². The van der Waals surface area contributed by atoms with Gasteiger partial charge in [-0.2, -0.15) is 5.26 Å². The minimum absolute atomic E-state index is 0.130. The van der Waals surface area contributed by atoms with E-state index in [9.17, 15) is 23.6 Å². The van der Waals surface area contributed by atoms with E-state index >= 15 is 0 Å². The van der Waals surface area contributed by atoms with Gasteiger partial charge in [-0.15, -0.1) is 0 Å². The number of nitrogens with zero attached hydrogens (tertiary/aromatic N) is 3. The van der Waals surface area contributed by atoms with Gasteiger partial charge < -0.3 is 20.4 Å². The van der Waals surface area contributed by atoms with Crippen LogP contribution in [0.15, 0.2) is 0 Å². The molecule has 1 atom stereocenters. The molecule has 0 unspecified atom stereocenters. The van der Waals surface area contributed by atoms with Crippen LogP contribution < -0.4 is 10.6 Å². The van der Waals surface area contributed by atoms with Crippen LogP contribution in [0.2, 0.25) is 0 Å². The van der Waals surface area contributed by atoms with E-state index in [2.05, 4.69) is 15.5 Å². The number of amides is 3. The molecular weight excluding hydrogens is 404 g/mol. The lowest BCUT2D eigenvalue weighted by molar-refractivity contribution is -0.126. The second kappa shape index (κ2) is 8.19. The number of urea groups is 1. The molecule has 4 aliphatic rings. The minimum Gasteiger partial charge on any atom is -0.336 e. The Hall–Kier alpha value is -1.95. The number of halogens is 2. The maximum atomic E-state index is 14.3. The van der Waals surface area contributed by atoms with Crippen molar-refractivity contribution in [2.45, 2.75) is 88.3 Å². The number of carbonyl (C=O) groups excluding carboxylic acids is 2. The lowest BCUT2D eigenvalue weighted by Gasteiger charge is -2.54. The van der Waals surface area contributed by atoms with E-state index in [0.29, 0.717) is 25.9 Å². The highest BCUT2D eigenvalue weighted by Gasteiger charge is 2.50. The zero-order valence-electron chi connectivity index (χ0n) is 18.3. The number of rotatable bonds is 8. The first-order valence-electron chi connectivity index (χ1n) is 11.6. The number of carbonyl (C=O) groups is 2. The van der Waals surface area contributed by atoms with Crippen molar-refractivity contribution in [2.24, 2.45) is 5.41 Å². The molecule has 2 aliphatic heterocycles. The second-order valence-corrected chi connectivity index (χ2v) is 10.1. The van der Waals surface area contributed by atoms with Crippen LogP contribution in [0.25, 0.3) is 0 Å². The van der Waals surface area contributed by atoms with Crippen molar-refractivity contribution in [3.8, 4) is 6.07 Å². The van der Waals surface area contributed by atoms with E-state index in [-0.39, 0.29) is 18.3 Å². The van der Waals surface area contributed by atoms with Crippen molar-refractivity contribution in [3.05, 3.63) is 0 Å². The van der Waals surface area contributed by atoms with Crippen molar-refractivity contribution in [1.29, 1.82) is 5.26 Å². The molecule has 2 saturated heterocycles. The van der Waals surface area contributed by atoms with E-state index in [1.165, 1.54) is 12.8 Å². The van der Waals surface area contributed by atoms with E-state index in [4.69, 9.17) is 0 Å². The summed E-state index contributed by atoms with van der Waals surface area (Å²) in [6, 6.07) is 0.965. The van der Waals surface area contributed by atoms with Gasteiger partial charge >= 0.3 is 6.03 Å². The molecule has 0 bridgehead atoms. The van der Waals surface area contributed by atoms with Crippen molar-refractivity contribution >= 4 is 11.9 Å². The Morgan fingerprint density at radius 1 is 1.19 bits per heavy atom. The predicted octanol–water partition coefficient (Wildman–Crippen LogP) is 2.62. The van der Waals surface area contributed by atoms with Gasteiger partial charge in [-0.1, -0.05) is 13.3 Å². The average Bonchev–Trinajstić information content (AvgIpc) is 3.60. The number of nitrogens with one attached hydrogen (secondary N) is 2. The van der Waals surface area contributed by atoms with Crippen molar-refractivity contribution in [2.75, 3.05) is 26.2 Å². The van der Waals surface area contributed by atoms with Crippen LogP contribution in [0.5, 0.6) is 0 Å². The molecule has 4 fully saturated rings. The maximum Gasteiger partial charge on any atom is 0.318 e. The van der Waals surface area contributed by atoms with Crippen molar-refractivity contribution < 1.29 is 18.4 Å². The molecule has 2 aliphatic carbocycles. The first-order chi connectivity index (χ1) is 14.7. The highest BCUT2D eigenvalue weighted by atomic mass is 19.3. The number of hydrogen-bond acceptors (Lipinski definition) is 4. The molecule has 2 saturated carbocycles. The van der Waals surface area contributed by atoms with Gasteiger partial charge in [0.05, 0.1) is 6.07 Å². The van der Waals surface area contributed by atoms with E-state index in [1.54, 1.807) is 11.8 Å². The minimum atomic E-state index is -3.06. The summed E-state index contributed by atoms with van der Waals surface area (Å²) in [6.45, 7) is 5.00. The summed E-state index contributed by atoms with van der Waals surface area (Å²) in [7, 11) is 0. The van der Waals surface area contributed by atoms with Crippen LogP contribution in [0, 0.1) is 16.7 Å². The molecule has 0 aromatic carbocycles. The van der Waals surface area contributed by atoms with Crippen LogP contribution in [-0.4, -0.2) is 71.5 Å². The highest BCUT2D eigenvalue weighted by molar-refractivity contribution is 5.88. The molecule has 2 N–H and O–H groups in total. The predicted molar refractivity (Wildman–Crippen MR) is 110 cm³/mol. The fraction of sp³-hybridized carbons (Fsp3) is 0.864. The number of nitriles is 1. The molecule has 0 radical (unpaired) electrons. The van der Waals surface area contributed by atoms with E-state index in [1.807, 2.05) is 6.07 Å². The second-order valence-electron chi connectivity index (χ2n) is 10.1. The Morgan fingerprint density at radius 2 is 1.84 bits per heavy atom. The van der Waals surface area contributed by atoms with Gasteiger partial charge in [0.25, 0.3) is 5.92 Å². The van der Waals surface area contributed by atoms with E-state index in [0.717, 1.165) is 32.0 Å². The normalized spacial score (nSPS) is 25.3. The SMILES string of the molecule is CCCC(F)(F)C[C@H](NC(=O)N1CC2(CCN(C3CC3)CC2)C1)C(=O)NC1(C#N)CC1. The molecule has 4 rings (SSSR count).